The van der Waals surface area contributed by atoms with Gasteiger partial charge in [-0.15, -0.1) is 0 Å². The van der Waals surface area contributed by atoms with Crippen LogP contribution in [0.15, 0.2) is 36.5 Å². The van der Waals surface area contributed by atoms with Gasteiger partial charge >= 0.3 is 0 Å². The van der Waals surface area contributed by atoms with Crippen LogP contribution in [0.1, 0.15) is 0 Å². The zero-order valence-corrected chi connectivity index (χ0v) is 11.9. The molecule has 0 saturated heterocycles. The summed E-state index contributed by atoms with van der Waals surface area (Å²) in [5, 5.41) is 1.48. The molecule has 0 aliphatic rings. The second-order valence-corrected chi connectivity index (χ2v) is 4.73. The number of H-pyrrole nitrogens is 1. The topological polar surface area (TPSA) is 47.1 Å². The zero-order valence-electron chi connectivity index (χ0n) is 11.1. The first-order chi connectivity index (χ1) is 9.71. The highest BCUT2D eigenvalue weighted by Gasteiger charge is 2.09. The highest BCUT2D eigenvalue weighted by molar-refractivity contribution is 6.30. The Kier molecular flexibility index (Phi) is 3.24. The number of aromatic amines is 1. The lowest BCUT2D eigenvalue weighted by molar-refractivity contribution is 0.355. The number of hydrogen-bond donors (Lipinski definition) is 1. The molecule has 3 rings (SSSR count). The van der Waals surface area contributed by atoms with Crippen molar-refractivity contribution in [3.8, 4) is 22.8 Å². The van der Waals surface area contributed by atoms with Gasteiger partial charge in [0.1, 0.15) is 5.15 Å². The molecule has 0 unspecified atom stereocenters. The van der Waals surface area contributed by atoms with Crippen molar-refractivity contribution in [2.75, 3.05) is 14.2 Å². The molecule has 3 aromatic rings. The van der Waals surface area contributed by atoms with Crippen molar-refractivity contribution in [3.05, 3.63) is 41.7 Å². The van der Waals surface area contributed by atoms with E-state index in [4.69, 9.17) is 21.1 Å². The number of halogens is 1. The van der Waals surface area contributed by atoms with E-state index in [9.17, 15) is 0 Å². The summed E-state index contributed by atoms with van der Waals surface area (Å²) in [4.78, 5) is 7.40. The van der Waals surface area contributed by atoms with Crippen LogP contribution in [0.2, 0.25) is 5.15 Å². The number of hydrogen-bond acceptors (Lipinski definition) is 3. The molecule has 2 aromatic heterocycles. The molecule has 0 spiro atoms. The molecular weight excluding hydrogens is 276 g/mol. The van der Waals surface area contributed by atoms with Crippen LogP contribution in [0.3, 0.4) is 0 Å². The molecule has 5 heteroatoms. The van der Waals surface area contributed by atoms with Crippen molar-refractivity contribution in [3.63, 3.8) is 0 Å². The first-order valence-electron chi connectivity index (χ1n) is 6.08. The van der Waals surface area contributed by atoms with Crippen LogP contribution in [0.4, 0.5) is 0 Å². The van der Waals surface area contributed by atoms with E-state index in [2.05, 4.69) is 9.97 Å². The first kappa shape index (κ1) is 12.8. The second-order valence-electron chi connectivity index (χ2n) is 4.35. The van der Waals surface area contributed by atoms with Gasteiger partial charge in [-0.2, -0.15) is 0 Å². The Morgan fingerprint density at radius 3 is 2.60 bits per heavy atom. The molecule has 0 amide bonds. The molecule has 0 bridgehead atoms. The molecule has 0 aliphatic carbocycles. The van der Waals surface area contributed by atoms with Crippen LogP contribution in [0.25, 0.3) is 22.2 Å². The first-order valence-corrected chi connectivity index (χ1v) is 6.45. The van der Waals surface area contributed by atoms with E-state index in [-0.39, 0.29) is 0 Å². The van der Waals surface area contributed by atoms with Gasteiger partial charge in [-0.25, -0.2) is 4.98 Å². The van der Waals surface area contributed by atoms with Gasteiger partial charge in [0.05, 0.1) is 19.7 Å². The highest BCUT2D eigenvalue weighted by atomic mass is 35.5. The lowest BCUT2D eigenvalue weighted by Gasteiger charge is -2.08. The summed E-state index contributed by atoms with van der Waals surface area (Å²) in [5.41, 5.74) is 2.94. The summed E-state index contributed by atoms with van der Waals surface area (Å²) in [7, 11) is 3.24. The molecule has 1 N–H and O–H groups in total. The Balaban J connectivity index is 2.10. The molecule has 0 atom stereocenters. The molecule has 20 heavy (non-hydrogen) atoms. The van der Waals surface area contributed by atoms with E-state index in [1.165, 1.54) is 0 Å². The monoisotopic (exact) mass is 288 g/mol. The summed E-state index contributed by atoms with van der Waals surface area (Å²) < 4.78 is 10.6. The van der Waals surface area contributed by atoms with Crippen LogP contribution in [-0.4, -0.2) is 24.2 Å². The van der Waals surface area contributed by atoms with Crippen molar-refractivity contribution in [1.82, 2.24) is 9.97 Å². The number of nitrogens with zero attached hydrogens (tertiary/aromatic N) is 1. The highest BCUT2D eigenvalue weighted by Crippen LogP contribution is 2.33. The average molecular weight is 289 g/mol. The van der Waals surface area contributed by atoms with Crippen molar-refractivity contribution in [2.45, 2.75) is 0 Å². The van der Waals surface area contributed by atoms with Crippen LogP contribution in [0, 0.1) is 0 Å². The SMILES string of the molecule is COc1ccc(-c2cc3cnc(Cl)cc3[nH]2)cc1OC. The minimum Gasteiger partial charge on any atom is -0.493 e. The fraction of sp³-hybridized carbons (Fsp3) is 0.133. The summed E-state index contributed by atoms with van der Waals surface area (Å²) in [6, 6.07) is 9.62. The molecule has 0 saturated carbocycles. The van der Waals surface area contributed by atoms with Crippen molar-refractivity contribution in [2.24, 2.45) is 0 Å². The molecule has 2 heterocycles. The molecule has 0 aliphatic heterocycles. The Morgan fingerprint density at radius 1 is 1.05 bits per heavy atom. The van der Waals surface area contributed by atoms with Gasteiger partial charge in [-0.3, -0.25) is 0 Å². The van der Waals surface area contributed by atoms with E-state index in [1.807, 2.05) is 24.3 Å². The number of fused-ring (bicyclic) bond motifs is 1. The lowest BCUT2D eigenvalue weighted by Crippen LogP contribution is -1.90. The van der Waals surface area contributed by atoms with E-state index in [0.717, 1.165) is 22.2 Å². The number of pyridine rings is 1. The maximum atomic E-state index is 5.89. The normalized spacial score (nSPS) is 10.8. The van der Waals surface area contributed by atoms with Gasteiger partial charge in [0, 0.05) is 22.8 Å². The largest absolute Gasteiger partial charge is 0.493 e. The van der Waals surface area contributed by atoms with Crippen LogP contribution in [0.5, 0.6) is 11.5 Å². The average Bonchev–Trinajstić information content (AvgIpc) is 2.89. The van der Waals surface area contributed by atoms with Gasteiger partial charge in [0.15, 0.2) is 11.5 Å². The van der Waals surface area contributed by atoms with Gasteiger partial charge in [0.2, 0.25) is 0 Å². The quantitative estimate of drug-likeness (QED) is 0.744. The van der Waals surface area contributed by atoms with E-state index in [0.29, 0.717) is 16.7 Å². The summed E-state index contributed by atoms with van der Waals surface area (Å²) in [6.07, 6.45) is 1.75. The second kappa shape index (κ2) is 5.06. The smallest absolute Gasteiger partial charge is 0.161 e. The fourth-order valence-electron chi connectivity index (χ4n) is 2.16. The number of methoxy groups -OCH3 is 2. The minimum atomic E-state index is 0.471. The third-order valence-electron chi connectivity index (χ3n) is 3.17. The van der Waals surface area contributed by atoms with Crippen molar-refractivity contribution >= 4 is 22.5 Å². The molecule has 0 fully saturated rings. The predicted octanol–water partition coefficient (Wildman–Crippen LogP) is 3.90. The maximum absolute atomic E-state index is 5.89. The van der Waals surface area contributed by atoms with Gasteiger partial charge in [-0.05, 0) is 30.3 Å². The Bertz CT molecular complexity index is 768. The molecule has 0 radical (unpaired) electrons. The lowest BCUT2D eigenvalue weighted by atomic mass is 10.1. The van der Waals surface area contributed by atoms with Gasteiger partial charge in [-0.1, -0.05) is 11.6 Å². The maximum Gasteiger partial charge on any atom is 0.161 e. The number of ether oxygens (including phenoxy) is 2. The number of rotatable bonds is 3. The third kappa shape index (κ3) is 2.18. The summed E-state index contributed by atoms with van der Waals surface area (Å²) in [5.74, 6) is 1.40. The molecule has 4 nitrogen and oxygen atoms in total. The molecule has 1 aromatic carbocycles. The number of aromatic nitrogens is 2. The van der Waals surface area contributed by atoms with Crippen molar-refractivity contribution in [1.29, 1.82) is 0 Å². The molecular formula is C15H13ClN2O2. The molecule has 102 valence electrons. The third-order valence-corrected chi connectivity index (χ3v) is 3.37. The number of benzene rings is 1. The fourth-order valence-corrected chi connectivity index (χ4v) is 2.32. The van der Waals surface area contributed by atoms with Crippen LogP contribution >= 0.6 is 11.6 Å². The summed E-state index contributed by atoms with van der Waals surface area (Å²) >= 11 is 5.89. The minimum absolute atomic E-state index is 0.471. The Hall–Kier alpha value is -2.20. The van der Waals surface area contributed by atoms with Crippen LogP contribution < -0.4 is 9.47 Å². The van der Waals surface area contributed by atoms with E-state index in [1.54, 1.807) is 26.5 Å². The van der Waals surface area contributed by atoms with Crippen LogP contribution in [-0.2, 0) is 0 Å². The zero-order chi connectivity index (χ0) is 14.1. The standard InChI is InChI=1S/C15H13ClN2O2/c1-19-13-4-3-9(6-14(13)20-2)11-5-10-8-17-15(16)7-12(10)18-11/h3-8,18H,1-2H3. The van der Waals surface area contributed by atoms with Gasteiger partial charge < -0.3 is 14.5 Å². The number of nitrogens with one attached hydrogen (secondary N) is 1. The van der Waals surface area contributed by atoms with E-state index >= 15 is 0 Å². The van der Waals surface area contributed by atoms with Gasteiger partial charge in [0.25, 0.3) is 0 Å². The van der Waals surface area contributed by atoms with Crippen molar-refractivity contribution < 1.29 is 9.47 Å². The van der Waals surface area contributed by atoms with E-state index < -0.39 is 0 Å². The Labute approximate surface area is 121 Å². The summed E-state index contributed by atoms with van der Waals surface area (Å²) in [6.45, 7) is 0. The Morgan fingerprint density at radius 2 is 1.85 bits per heavy atom. The predicted molar refractivity (Wildman–Crippen MR) is 79.6 cm³/mol.